The third kappa shape index (κ3) is 2.87. The number of furan rings is 1. The Kier molecular flexibility index (Phi) is 3.70. The second-order valence-corrected chi connectivity index (χ2v) is 8.58. The molecule has 1 amide bonds. The number of amides is 1. The number of ether oxygens (including phenoxy) is 1. The molecule has 1 saturated carbocycles. The second-order valence-electron chi connectivity index (χ2n) is 6.93. The Morgan fingerprint density at radius 3 is 2.78 bits per heavy atom. The smallest absolute Gasteiger partial charge is 0.294 e. The van der Waals surface area contributed by atoms with Crippen LogP contribution in [0.15, 0.2) is 39.8 Å². The van der Waals surface area contributed by atoms with Gasteiger partial charge in [-0.2, -0.15) is 0 Å². The minimum absolute atomic E-state index is 0.00829. The molecule has 27 heavy (non-hydrogen) atoms. The predicted molar refractivity (Wildman–Crippen MR) is 97.9 cm³/mol. The largest absolute Gasteiger partial charge is 0.489 e. The fraction of sp³-hybridized carbons (Fsp3) is 0.389. The molecule has 0 spiro atoms. The standard InChI is InChI=1S/C18H19N3O5S/c22-18(15-6-7-16(26-15)27(23,24)19-12-4-5-12)21-9-8-20-10-11-25-14-3-1-2-13(21)17(14)20/h1-3,6-7,12,19H,4-5,8-11H2. The van der Waals surface area contributed by atoms with Crippen LogP contribution in [0.1, 0.15) is 23.4 Å². The van der Waals surface area contributed by atoms with Gasteiger partial charge in [-0.1, -0.05) is 6.07 Å². The fourth-order valence-electron chi connectivity index (χ4n) is 3.51. The van der Waals surface area contributed by atoms with Crippen LogP contribution >= 0.6 is 0 Å². The number of benzene rings is 1. The van der Waals surface area contributed by atoms with E-state index in [1.807, 2.05) is 18.2 Å². The molecule has 5 rings (SSSR count). The number of hydrogen-bond acceptors (Lipinski definition) is 6. The lowest BCUT2D eigenvalue weighted by molar-refractivity contribution is 0.0954. The van der Waals surface area contributed by atoms with Crippen LogP contribution in [0.25, 0.3) is 0 Å². The zero-order valence-corrected chi connectivity index (χ0v) is 15.4. The molecule has 1 N–H and O–H groups in total. The van der Waals surface area contributed by atoms with Gasteiger partial charge in [-0.05, 0) is 37.1 Å². The zero-order chi connectivity index (χ0) is 18.6. The highest BCUT2D eigenvalue weighted by Gasteiger charge is 2.34. The summed E-state index contributed by atoms with van der Waals surface area (Å²) in [6.45, 7) is 2.59. The Morgan fingerprint density at radius 2 is 1.96 bits per heavy atom. The molecule has 0 radical (unpaired) electrons. The van der Waals surface area contributed by atoms with Crippen molar-refractivity contribution in [3.05, 3.63) is 36.1 Å². The number of carbonyl (C=O) groups is 1. The Balaban J connectivity index is 1.45. The summed E-state index contributed by atoms with van der Waals surface area (Å²) in [6.07, 6.45) is 1.66. The van der Waals surface area contributed by atoms with Crippen LogP contribution in [-0.2, 0) is 10.0 Å². The number of hydrogen-bond donors (Lipinski definition) is 1. The summed E-state index contributed by atoms with van der Waals surface area (Å²) >= 11 is 0. The molecule has 1 aromatic carbocycles. The van der Waals surface area contributed by atoms with Gasteiger partial charge in [-0.15, -0.1) is 0 Å². The lowest BCUT2D eigenvalue weighted by Gasteiger charge is -2.40. The SMILES string of the molecule is O=C(c1ccc(S(=O)(=O)NC2CC2)o1)N1CCN2CCOc3cccc1c32. The maximum Gasteiger partial charge on any atom is 0.294 e. The quantitative estimate of drug-likeness (QED) is 0.854. The summed E-state index contributed by atoms with van der Waals surface area (Å²) in [5.41, 5.74) is 1.65. The molecule has 0 saturated heterocycles. The lowest BCUT2D eigenvalue weighted by Crippen LogP contribution is -2.46. The van der Waals surface area contributed by atoms with E-state index in [0.717, 1.165) is 36.5 Å². The predicted octanol–water partition coefficient (Wildman–Crippen LogP) is 1.58. The number of rotatable bonds is 4. The van der Waals surface area contributed by atoms with Crippen molar-refractivity contribution in [2.24, 2.45) is 0 Å². The van der Waals surface area contributed by atoms with E-state index >= 15 is 0 Å². The third-order valence-electron chi connectivity index (χ3n) is 5.00. The van der Waals surface area contributed by atoms with Gasteiger partial charge >= 0.3 is 0 Å². The molecule has 1 aromatic heterocycles. The molecule has 9 heteroatoms. The van der Waals surface area contributed by atoms with E-state index in [2.05, 4.69) is 9.62 Å². The third-order valence-corrected chi connectivity index (χ3v) is 6.39. The van der Waals surface area contributed by atoms with Crippen molar-refractivity contribution in [1.82, 2.24) is 4.72 Å². The minimum Gasteiger partial charge on any atom is -0.489 e. The Morgan fingerprint density at radius 1 is 1.11 bits per heavy atom. The first-order chi connectivity index (χ1) is 13.0. The van der Waals surface area contributed by atoms with Crippen molar-refractivity contribution in [2.45, 2.75) is 24.0 Å². The normalized spacial score (nSPS) is 18.8. The number of carbonyl (C=O) groups excluding carboxylic acids is 1. The van der Waals surface area contributed by atoms with Crippen LogP contribution in [-0.4, -0.2) is 46.6 Å². The van der Waals surface area contributed by atoms with Gasteiger partial charge in [0.05, 0.1) is 12.2 Å². The molecule has 0 unspecified atom stereocenters. The summed E-state index contributed by atoms with van der Waals surface area (Å²) in [4.78, 5) is 16.8. The average Bonchev–Trinajstić information content (AvgIpc) is 3.31. The Bertz CT molecular complexity index is 1010. The molecule has 3 aliphatic rings. The minimum atomic E-state index is -3.73. The van der Waals surface area contributed by atoms with E-state index < -0.39 is 10.0 Å². The molecular formula is C18H19N3O5S. The summed E-state index contributed by atoms with van der Waals surface area (Å²) in [6, 6.07) is 8.33. The highest BCUT2D eigenvalue weighted by atomic mass is 32.2. The lowest BCUT2D eigenvalue weighted by atomic mass is 10.1. The number of anilines is 2. The van der Waals surface area contributed by atoms with Crippen LogP contribution in [0, 0.1) is 0 Å². The first kappa shape index (κ1) is 16.6. The molecule has 1 aliphatic carbocycles. The first-order valence-corrected chi connectivity index (χ1v) is 10.5. The van der Waals surface area contributed by atoms with Crippen LogP contribution in [0.2, 0.25) is 0 Å². The molecule has 2 aromatic rings. The van der Waals surface area contributed by atoms with Crippen molar-refractivity contribution in [3.8, 4) is 5.75 Å². The van der Waals surface area contributed by atoms with Crippen molar-refractivity contribution in [2.75, 3.05) is 36.0 Å². The van der Waals surface area contributed by atoms with E-state index in [1.165, 1.54) is 12.1 Å². The zero-order valence-electron chi connectivity index (χ0n) is 14.6. The number of nitrogens with one attached hydrogen (secondary N) is 1. The van der Waals surface area contributed by atoms with Crippen LogP contribution in [0.5, 0.6) is 5.75 Å². The van der Waals surface area contributed by atoms with Crippen molar-refractivity contribution < 1.29 is 22.4 Å². The van der Waals surface area contributed by atoms with Crippen LogP contribution < -0.4 is 19.3 Å². The highest BCUT2D eigenvalue weighted by molar-refractivity contribution is 7.89. The average molecular weight is 389 g/mol. The van der Waals surface area contributed by atoms with E-state index in [1.54, 1.807) is 4.90 Å². The van der Waals surface area contributed by atoms with E-state index in [0.29, 0.717) is 19.7 Å². The molecular weight excluding hydrogens is 370 g/mol. The number of nitrogens with zero attached hydrogens (tertiary/aromatic N) is 2. The number of sulfonamides is 1. The molecule has 0 bridgehead atoms. The summed E-state index contributed by atoms with van der Waals surface area (Å²) < 4.78 is 38.2. The Labute approximate surface area is 156 Å². The van der Waals surface area contributed by atoms with E-state index in [4.69, 9.17) is 9.15 Å². The van der Waals surface area contributed by atoms with Crippen LogP contribution in [0.4, 0.5) is 11.4 Å². The Hall–Kier alpha value is -2.52. The van der Waals surface area contributed by atoms with Crippen LogP contribution in [0.3, 0.4) is 0 Å². The van der Waals surface area contributed by atoms with Gasteiger partial charge in [-0.3, -0.25) is 4.79 Å². The fourth-order valence-corrected chi connectivity index (χ4v) is 4.74. The second kappa shape index (κ2) is 6.00. The summed E-state index contributed by atoms with van der Waals surface area (Å²) in [5.74, 6) is 0.406. The van der Waals surface area contributed by atoms with Gasteiger partial charge in [0.1, 0.15) is 18.0 Å². The molecule has 0 atom stereocenters. The monoisotopic (exact) mass is 389 g/mol. The molecule has 8 nitrogen and oxygen atoms in total. The summed E-state index contributed by atoms with van der Waals surface area (Å²) in [5, 5.41) is -0.227. The van der Waals surface area contributed by atoms with Crippen molar-refractivity contribution >= 4 is 27.3 Å². The van der Waals surface area contributed by atoms with Gasteiger partial charge in [0, 0.05) is 19.1 Å². The maximum absolute atomic E-state index is 13.0. The topological polar surface area (TPSA) is 92.1 Å². The van der Waals surface area contributed by atoms with E-state index in [-0.39, 0.29) is 22.8 Å². The van der Waals surface area contributed by atoms with Gasteiger partial charge < -0.3 is 19.0 Å². The van der Waals surface area contributed by atoms with Crippen molar-refractivity contribution in [1.29, 1.82) is 0 Å². The van der Waals surface area contributed by atoms with E-state index in [9.17, 15) is 13.2 Å². The van der Waals surface area contributed by atoms with Crippen molar-refractivity contribution in [3.63, 3.8) is 0 Å². The van der Waals surface area contributed by atoms with Gasteiger partial charge in [-0.25, -0.2) is 13.1 Å². The summed E-state index contributed by atoms with van der Waals surface area (Å²) in [7, 11) is -3.73. The van der Waals surface area contributed by atoms with Gasteiger partial charge in [0.25, 0.3) is 15.9 Å². The maximum atomic E-state index is 13.0. The van der Waals surface area contributed by atoms with Gasteiger partial charge in [0.15, 0.2) is 5.76 Å². The molecule has 142 valence electrons. The highest BCUT2D eigenvalue weighted by Crippen LogP contribution is 2.43. The molecule has 3 heterocycles. The number of para-hydroxylation sites is 1. The van der Waals surface area contributed by atoms with Gasteiger partial charge in [0.2, 0.25) is 5.09 Å². The molecule has 2 aliphatic heterocycles. The first-order valence-electron chi connectivity index (χ1n) is 8.98. The molecule has 1 fully saturated rings.